The van der Waals surface area contributed by atoms with Crippen molar-refractivity contribution in [2.75, 3.05) is 13.2 Å². The maximum atomic E-state index is 11.1. The molecule has 0 bridgehead atoms. The summed E-state index contributed by atoms with van der Waals surface area (Å²) < 4.78 is 11.8. The van der Waals surface area contributed by atoms with Gasteiger partial charge in [-0.15, -0.1) is 0 Å². The Labute approximate surface area is 144 Å². The standard InChI is InChI=1S/C17H15Cl2NO3/c1-10(21)20-8-11-9-22-15-7-2-4-12(17(15)23-11)16-13(18)5-3-6-14(16)19/h2-7,11H,8-9H2,1H3,(H,20,21)/t11-/m0/s1. The van der Waals surface area contributed by atoms with Gasteiger partial charge >= 0.3 is 0 Å². The molecule has 2 aromatic rings. The number of ether oxygens (including phenoxy) is 2. The molecule has 0 saturated heterocycles. The maximum Gasteiger partial charge on any atom is 0.217 e. The smallest absolute Gasteiger partial charge is 0.217 e. The molecule has 2 aromatic carbocycles. The summed E-state index contributed by atoms with van der Waals surface area (Å²) in [6.45, 7) is 2.21. The molecule has 0 aliphatic carbocycles. The molecular formula is C17H15Cl2NO3. The fourth-order valence-electron chi connectivity index (χ4n) is 2.44. The zero-order chi connectivity index (χ0) is 16.4. The summed E-state index contributed by atoms with van der Waals surface area (Å²) in [6.07, 6.45) is -0.270. The van der Waals surface area contributed by atoms with Crippen LogP contribution in [0.4, 0.5) is 0 Å². The summed E-state index contributed by atoms with van der Waals surface area (Å²) in [6, 6.07) is 10.9. The molecule has 1 aliphatic rings. The number of para-hydroxylation sites is 1. The molecular weight excluding hydrogens is 337 g/mol. The molecule has 1 heterocycles. The minimum atomic E-state index is -0.270. The molecule has 3 rings (SSSR count). The Bertz CT molecular complexity index is 728. The van der Waals surface area contributed by atoms with Gasteiger partial charge in [0.15, 0.2) is 11.5 Å². The van der Waals surface area contributed by atoms with Crippen LogP contribution < -0.4 is 14.8 Å². The Morgan fingerprint density at radius 1 is 1.22 bits per heavy atom. The van der Waals surface area contributed by atoms with Gasteiger partial charge in [0.2, 0.25) is 5.91 Å². The molecule has 0 saturated carbocycles. The molecule has 4 nitrogen and oxygen atoms in total. The van der Waals surface area contributed by atoms with Gasteiger partial charge in [-0.2, -0.15) is 0 Å². The highest BCUT2D eigenvalue weighted by atomic mass is 35.5. The van der Waals surface area contributed by atoms with E-state index in [9.17, 15) is 4.79 Å². The molecule has 1 amide bonds. The first-order chi connectivity index (χ1) is 11.1. The lowest BCUT2D eigenvalue weighted by atomic mass is 10.0. The van der Waals surface area contributed by atoms with E-state index in [-0.39, 0.29) is 12.0 Å². The predicted molar refractivity (Wildman–Crippen MR) is 90.5 cm³/mol. The summed E-state index contributed by atoms with van der Waals surface area (Å²) in [7, 11) is 0. The minimum absolute atomic E-state index is 0.109. The molecule has 0 unspecified atom stereocenters. The highest BCUT2D eigenvalue weighted by Gasteiger charge is 2.25. The zero-order valence-electron chi connectivity index (χ0n) is 12.4. The molecule has 23 heavy (non-hydrogen) atoms. The first-order valence-corrected chi connectivity index (χ1v) is 7.93. The molecule has 120 valence electrons. The fourth-order valence-corrected chi connectivity index (χ4v) is 3.05. The van der Waals surface area contributed by atoms with Gasteiger partial charge < -0.3 is 14.8 Å². The van der Waals surface area contributed by atoms with Crippen LogP contribution in [-0.2, 0) is 4.79 Å². The van der Waals surface area contributed by atoms with Crippen LogP contribution >= 0.6 is 23.2 Å². The van der Waals surface area contributed by atoms with Crippen molar-refractivity contribution in [3.63, 3.8) is 0 Å². The van der Waals surface area contributed by atoms with E-state index in [2.05, 4.69) is 5.32 Å². The molecule has 0 spiro atoms. The quantitative estimate of drug-likeness (QED) is 0.910. The largest absolute Gasteiger partial charge is 0.486 e. The van der Waals surface area contributed by atoms with Crippen LogP contribution in [0.15, 0.2) is 36.4 Å². The molecule has 0 radical (unpaired) electrons. The topological polar surface area (TPSA) is 47.6 Å². The van der Waals surface area contributed by atoms with E-state index in [1.165, 1.54) is 6.92 Å². The Morgan fingerprint density at radius 2 is 1.91 bits per heavy atom. The van der Waals surface area contributed by atoms with E-state index in [4.69, 9.17) is 32.7 Å². The number of benzene rings is 2. The fraction of sp³-hybridized carbons (Fsp3) is 0.235. The SMILES string of the molecule is CC(=O)NC[C@H]1COc2cccc(-c3c(Cl)cccc3Cl)c2O1. The van der Waals surface area contributed by atoms with Crippen LogP contribution in [-0.4, -0.2) is 25.2 Å². The summed E-state index contributed by atoms with van der Waals surface area (Å²) >= 11 is 12.6. The number of hydrogen-bond acceptors (Lipinski definition) is 3. The highest BCUT2D eigenvalue weighted by molar-refractivity contribution is 6.39. The molecule has 1 atom stereocenters. The van der Waals surface area contributed by atoms with Gasteiger partial charge in [0, 0.05) is 18.1 Å². The van der Waals surface area contributed by atoms with E-state index in [0.29, 0.717) is 40.3 Å². The number of fused-ring (bicyclic) bond motifs is 1. The van der Waals surface area contributed by atoms with Gasteiger partial charge in [0.1, 0.15) is 12.7 Å². The van der Waals surface area contributed by atoms with Crippen LogP contribution in [0.2, 0.25) is 10.0 Å². The minimum Gasteiger partial charge on any atom is -0.486 e. The summed E-state index contributed by atoms with van der Waals surface area (Å²) in [4.78, 5) is 11.1. The predicted octanol–water partition coefficient (Wildman–Crippen LogP) is 3.94. The third-order valence-corrected chi connectivity index (χ3v) is 4.13. The van der Waals surface area contributed by atoms with Gasteiger partial charge in [-0.3, -0.25) is 4.79 Å². The average molecular weight is 352 g/mol. The molecule has 0 fully saturated rings. The Kier molecular flexibility index (Phi) is 4.64. The first kappa shape index (κ1) is 16.0. The third-order valence-electron chi connectivity index (χ3n) is 3.50. The van der Waals surface area contributed by atoms with Gasteiger partial charge in [0.25, 0.3) is 0 Å². The van der Waals surface area contributed by atoms with E-state index in [0.717, 1.165) is 5.56 Å². The number of carbonyl (C=O) groups excluding carboxylic acids is 1. The van der Waals surface area contributed by atoms with E-state index in [1.54, 1.807) is 18.2 Å². The number of carbonyl (C=O) groups is 1. The monoisotopic (exact) mass is 351 g/mol. The van der Waals surface area contributed by atoms with Crippen molar-refractivity contribution in [1.29, 1.82) is 0 Å². The van der Waals surface area contributed by atoms with Crippen LogP contribution in [0.5, 0.6) is 11.5 Å². The maximum absolute atomic E-state index is 11.1. The number of nitrogens with one attached hydrogen (secondary N) is 1. The third kappa shape index (κ3) is 3.38. The van der Waals surface area contributed by atoms with Crippen molar-refractivity contribution >= 4 is 29.1 Å². The first-order valence-electron chi connectivity index (χ1n) is 7.17. The van der Waals surface area contributed by atoms with Crippen LogP contribution in [0.25, 0.3) is 11.1 Å². The van der Waals surface area contributed by atoms with Gasteiger partial charge in [-0.1, -0.05) is 41.4 Å². The summed E-state index contributed by atoms with van der Waals surface area (Å²) in [5.41, 5.74) is 1.47. The van der Waals surface area contributed by atoms with E-state index in [1.807, 2.05) is 18.2 Å². The van der Waals surface area contributed by atoms with Crippen molar-refractivity contribution < 1.29 is 14.3 Å². The lowest BCUT2D eigenvalue weighted by Gasteiger charge is -2.28. The second-order valence-corrected chi connectivity index (χ2v) is 6.03. The Balaban J connectivity index is 1.97. The van der Waals surface area contributed by atoms with Gasteiger partial charge in [-0.05, 0) is 18.2 Å². The van der Waals surface area contributed by atoms with Crippen molar-refractivity contribution in [2.24, 2.45) is 0 Å². The lowest BCUT2D eigenvalue weighted by Crippen LogP contribution is -2.40. The summed E-state index contributed by atoms with van der Waals surface area (Å²) in [5.74, 6) is 1.11. The van der Waals surface area contributed by atoms with Crippen molar-refractivity contribution in [2.45, 2.75) is 13.0 Å². The van der Waals surface area contributed by atoms with Crippen LogP contribution in [0, 0.1) is 0 Å². The molecule has 6 heteroatoms. The number of rotatable bonds is 3. The second-order valence-electron chi connectivity index (χ2n) is 5.22. The van der Waals surface area contributed by atoms with Gasteiger partial charge in [-0.25, -0.2) is 0 Å². The zero-order valence-corrected chi connectivity index (χ0v) is 13.9. The van der Waals surface area contributed by atoms with Crippen molar-refractivity contribution in [1.82, 2.24) is 5.32 Å². The Hall–Kier alpha value is -1.91. The lowest BCUT2D eigenvalue weighted by molar-refractivity contribution is -0.119. The Morgan fingerprint density at radius 3 is 2.61 bits per heavy atom. The molecule has 1 aliphatic heterocycles. The molecule has 0 aromatic heterocycles. The normalized spacial score (nSPS) is 16.0. The van der Waals surface area contributed by atoms with Crippen molar-refractivity contribution in [3.05, 3.63) is 46.4 Å². The van der Waals surface area contributed by atoms with Crippen molar-refractivity contribution in [3.8, 4) is 22.6 Å². The second kappa shape index (κ2) is 6.69. The molecule has 1 N–H and O–H groups in total. The number of hydrogen-bond donors (Lipinski definition) is 1. The highest BCUT2D eigenvalue weighted by Crippen LogP contribution is 2.45. The van der Waals surface area contributed by atoms with Crippen LogP contribution in [0.1, 0.15) is 6.92 Å². The van der Waals surface area contributed by atoms with E-state index < -0.39 is 0 Å². The summed E-state index contributed by atoms with van der Waals surface area (Å²) in [5, 5.41) is 3.81. The average Bonchev–Trinajstić information content (AvgIpc) is 2.53. The van der Waals surface area contributed by atoms with Gasteiger partial charge in [0.05, 0.1) is 16.6 Å². The van der Waals surface area contributed by atoms with Crippen LogP contribution in [0.3, 0.4) is 0 Å². The van der Waals surface area contributed by atoms with E-state index >= 15 is 0 Å². The number of amides is 1. The number of halogens is 2.